The lowest BCUT2D eigenvalue weighted by Crippen LogP contribution is -2.23. The van der Waals surface area contributed by atoms with Gasteiger partial charge in [-0.2, -0.15) is 24.4 Å². The number of benzene rings is 3. The fraction of sp³-hybridized carbons (Fsp3) is 0.408. The average Bonchev–Trinajstić information content (AvgIpc) is 3.32. The van der Waals surface area contributed by atoms with E-state index in [-0.39, 0.29) is 22.6 Å². The molecule has 1 unspecified atom stereocenters. The SMILES string of the molecule is CC(C)(C)C1=CC(C2C=Cc3ccccc3N2)=C(O)CC(CSC2CCCCCCC2)=C1.CC(C)(C)c1cc(CS)c(O)c(-c2ccc3ccccc3n2)c1. The van der Waals surface area contributed by atoms with E-state index in [2.05, 4.69) is 120 Å². The lowest BCUT2D eigenvalue weighted by Gasteiger charge is -2.26. The molecule has 290 valence electrons. The van der Waals surface area contributed by atoms with Crippen LogP contribution in [0.1, 0.15) is 110 Å². The number of anilines is 1. The maximum atomic E-state index is 11.2. The first-order chi connectivity index (χ1) is 26.3. The van der Waals surface area contributed by atoms with Gasteiger partial charge in [0.05, 0.1) is 17.3 Å². The van der Waals surface area contributed by atoms with Gasteiger partial charge < -0.3 is 15.5 Å². The van der Waals surface area contributed by atoms with Crippen molar-refractivity contribution in [1.29, 1.82) is 0 Å². The first-order valence-corrected chi connectivity index (χ1v) is 21.8. The largest absolute Gasteiger partial charge is 0.512 e. The minimum absolute atomic E-state index is 0.00298. The zero-order valence-electron chi connectivity index (χ0n) is 33.7. The third-order valence-electron chi connectivity index (χ3n) is 11.0. The maximum absolute atomic E-state index is 11.2. The van der Waals surface area contributed by atoms with E-state index in [1.165, 1.54) is 67.2 Å². The highest BCUT2D eigenvalue weighted by molar-refractivity contribution is 8.00. The van der Waals surface area contributed by atoms with Crippen molar-refractivity contribution in [1.82, 2.24) is 4.98 Å². The molecule has 55 heavy (non-hydrogen) atoms. The van der Waals surface area contributed by atoms with Gasteiger partial charge in [0.15, 0.2) is 0 Å². The molecule has 4 aromatic rings. The van der Waals surface area contributed by atoms with Crippen LogP contribution >= 0.6 is 24.4 Å². The Morgan fingerprint density at radius 1 is 0.818 bits per heavy atom. The van der Waals surface area contributed by atoms with Crippen LogP contribution in [0.5, 0.6) is 5.75 Å². The van der Waals surface area contributed by atoms with Crippen molar-refractivity contribution in [3.8, 4) is 17.0 Å². The number of nitrogens with one attached hydrogen (secondary N) is 1. The van der Waals surface area contributed by atoms with E-state index < -0.39 is 0 Å². The van der Waals surface area contributed by atoms with Gasteiger partial charge in [-0.3, -0.25) is 0 Å². The summed E-state index contributed by atoms with van der Waals surface area (Å²) in [6, 6.07) is 24.4. The molecule has 3 aromatic carbocycles. The fourth-order valence-corrected chi connectivity index (χ4v) is 9.06. The maximum Gasteiger partial charge on any atom is 0.129 e. The Bertz CT molecular complexity index is 2090. The molecule has 0 saturated heterocycles. The highest BCUT2D eigenvalue weighted by Gasteiger charge is 2.26. The summed E-state index contributed by atoms with van der Waals surface area (Å²) in [7, 11) is 0. The molecule has 6 heteroatoms. The Hall–Kier alpha value is -3.87. The quantitative estimate of drug-likeness (QED) is 0.147. The molecule has 3 aliphatic rings. The third kappa shape index (κ3) is 10.5. The van der Waals surface area contributed by atoms with Crippen LogP contribution in [-0.4, -0.2) is 32.2 Å². The highest BCUT2D eigenvalue weighted by Crippen LogP contribution is 2.39. The number of phenols is 1. The van der Waals surface area contributed by atoms with E-state index in [1.807, 2.05) is 48.5 Å². The summed E-state index contributed by atoms with van der Waals surface area (Å²) in [4.78, 5) is 4.72. The Morgan fingerprint density at radius 3 is 2.25 bits per heavy atom. The summed E-state index contributed by atoms with van der Waals surface area (Å²) in [5.41, 5.74) is 10.5. The topological polar surface area (TPSA) is 65.4 Å². The van der Waals surface area contributed by atoms with Crippen molar-refractivity contribution in [2.75, 3.05) is 11.1 Å². The van der Waals surface area contributed by atoms with Crippen molar-refractivity contribution < 1.29 is 10.2 Å². The summed E-state index contributed by atoms with van der Waals surface area (Å²) in [5, 5.41) is 27.3. The zero-order valence-corrected chi connectivity index (χ0v) is 35.4. The molecule has 2 heterocycles. The molecule has 0 bridgehead atoms. The standard InChI is InChI=1S/C29H39NOS.C20H21NOS/c1-29(2,3)23-17-21(20-32-24-12-7-5-4-6-8-13-24)18-28(31)25(19-23)27-16-15-22-11-9-10-14-26(22)30-27;1-20(2,3)15-10-14(12-23)19(22)16(11-15)18-9-8-13-6-4-5-7-17(13)21-18/h9-11,14-17,19,24,27,30-31H,4-8,12-13,18,20H2,1-3H3;4-11,22-23H,12H2,1-3H3. The number of thiol groups is 1. The number of aromatic nitrogens is 1. The minimum atomic E-state index is -0.00624. The summed E-state index contributed by atoms with van der Waals surface area (Å²) in [5.74, 6) is 2.30. The van der Waals surface area contributed by atoms with Crippen LogP contribution in [-0.2, 0) is 11.2 Å². The number of rotatable bonds is 6. The van der Waals surface area contributed by atoms with Crippen LogP contribution in [0, 0.1) is 5.41 Å². The highest BCUT2D eigenvalue weighted by atomic mass is 32.2. The van der Waals surface area contributed by atoms with Gasteiger partial charge in [0, 0.05) is 51.0 Å². The average molecular weight is 773 g/mol. The molecule has 7 rings (SSSR count). The van der Waals surface area contributed by atoms with Gasteiger partial charge >= 0.3 is 0 Å². The van der Waals surface area contributed by atoms with Gasteiger partial charge in [0.2, 0.25) is 0 Å². The molecule has 3 N–H and O–H groups in total. The van der Waals surface area contributed by atoms with Gasteiger partial charge in [-0.05, 0) is 70.7 Å². The third-order valence-corrected chi connectivity index (χ3v) is 12.8. The fourth-order valence-electron chi connectivity index (χ4n) is 7.52. The van der Waals surface area contributed by atoms with Gasteiger partial charge in [0.1, 0.15) is 11.5 Å². The number of allylic oxidation sites excluding steroid dienone is 3. The molecule has 0 amide bonds. The van der Waals surface area contributed by atoms with E-state index in [0.717, 1.165) is 50.0 Å². The van der Waals surface area contributed by atoms with Gasteiger partial charge in [-0.1, -0.05) is 146 Å². The lowest BCUT2D eigenvalue weighted by atomic mass is 9.84. The summed E-state index contributed by atoms with van der Waals surface area (Å²) in [6.45, 7) is 13.3. The first-order valence-electron chi connectivity index (χ1n) is 20.1. The molecule has 1 fully saturated rings. The van der Waals surface area contributed by atoms with Crippen LogP contribution < -0.4 is 5.32 Å². The minimum Gasteiger partial charge on any atom is -0.512 e. The smallest absolute Gasteiger partial charge is 0.129 e. The summed E-state index contributed by atoms with van der Waals surface area (Å²) in [6.07, 6.45) is 19.3. The van der Waals surface area contributed by atoms with Crippen molar-refractivity contribution >= 4 is 47.1 Å². The van der Waals surface area contributed by atoms with Crippen LogP contribution in [0.15, 0.2) is 114 Å². The Balaban J connectivity index is 0.000000197. The number of fused-ring (bicyclic) bond motifs is 2. The first kappa shape index (κ1) is 40.8. The number of aliphatic hydroxyl groups is 1. The van der Waals surface area contributed by atoms with E-state index >= 15 is 0 Å². The number of pyridine rings is 1. The van der Waals surface area contributed by atoms with E-state index in [0.29, 0.717) is 17.9 Å². The van der Waals surface area contributed by atoms with Crippen molar-refractivity contribution in [3.05, 3.63) is 130 Å². The summed E-state index contributed by atoms with van der Waals surface area (Å²) >= 11 is 6.48. The molecule has 1 aromatic heterocycles. The van der Waals surface area contributed by atoms with E-state index in [1.54, 1.807) is 0 Å². The zero-order chi connectivity index (χ0) is 39.2. The second kappa shape index (κ2) is 17.9. The molecule has 0 radical (unpaired) electrons. The molecule has 1 aliphatic heterocycles. The predicted octanol–water partition coefficient (Wildman–Crippen LogP) is 13.8. The number of hydrogen-bond acceptors (Lipinski definition) is 6. The molecular weight excluding hydrogens is 713 g/mol. The molecule has 4 nitrogen and oxygen atoms in total. The second-order valence-corrected chi connectivity index (χ2v) is 19.0. The monoisotopic (exact) mass is 772 g/mol. The Morgan fingerprint density at radius 2 is 1.53 bits per heavy atom. The van der Waals surface area contributed by atoms with Crippen molar-refractivity contribution in [2.45, 2.75) is 115 Å². The lowest BCUT2D eigenvalue weighted by molar-refractivity contribution is 0.391. The number of aromatic hydroxyl groups is 1. The van der Waals surface area contributed by atoms with Crippen LogP contribution in [0.2, 0.25) is 0 Å². The van der Waals surface area contributed by atoms with Crippen LogP contribution in [0.25, 0.3) is 28.2 Å². The van der Waals surface area contributed by atoms with Crippen molar-refractivity contribution in [2.24, 2.45) is 5.41 Å². The van der Waals surface area contributed by atoms with Crippen LogP contribution in [0.4, 0.5) is 5.69 Å². The second-order valence-electron chi connectivity index (χ2n) is 17.4. The Kier molecular flexibility index (Phi) is 13.3. The Labute approximate surface area is 339 Å². The number of para-hydroxylation sites is 2. The van der Waals surface area contributed by atoms with Gasteiger partial charge in [-0.25, -0.2) is 4.98 Å². The molecule has 0 spiro atoms. The van der Waals surface area contributed by atoms with E-state index in [4.69, 9.17) is 4.98 Å². The van der Waals surface area contributed by atoms with Gasteiger partial charge in [0.25, 0.3) is 0 Å². The molecular formula is C49H60N2O2S2. The number of nitrogens with zero attached hydrogens (tertiary/aromatic N) is 1. The van der Waals surface area contributed by atoms with Gasteiger partial charge in [-0.15, -0.1) is 0 Å². The number of phenolic OH excluding ortho intramolecular Hbond substituents is 1. The van der Waals surface area contributed by atoms with Crippen LogP contribution in [0.3, 0.4) is 0 Å². The summed E-state index contributed by atoms with van der Waals surface area (Å²) < 4.78 is 0. The molecule has 1 saturated carbocycles. The van der Waals surface area contributed by atoms with E-state index in [9.17, 15) is 10.2 Å². The van der Waals surface area contributed by atoms with Crippen molar-refractivity contribution in [3.63, 3.8) is 0 Å². The normalized spacial score (nSPS) is 18.2. The molecule has 2 aliphatic carbocycles. The molecule has 1 atom stereocenters. The number of aliphatic hydroxyl groups excluding tert-OH is 1. The number of hydrogen-bond donors (Lipinski definition) is 4. The number of thioether (sulfide) groups is 1. The predicted molar refractivity (Wildman–Crippen MR) is 242 cm³/mol.